The summed E-state index contributed by atoms with van der Waals surface area (Å²) in [6.07, 6.45) is 0. The third-order valence-corrected chi connectivity index (χ3v) is 14.3. The minimum atomic E-state index is -0.202. The van der Waals surface area contributed by atoms with E-state index in [4.69, 9.17) is 9.97 Å². The van der Waals surface area contributed by atoms with Crippen molar-refractivity contribution in [2.24, 2.45) is 0 Å². The maximum Gasteiger partial charge on any atom is 0.162 e. The summed E-state index contributed by atoms with van der Waals surface area (Å²) in [6, 6.07) is 73.4. The minimum absolute atomic E-state index is 0.202. The Morgan fingerprint density at radius 3 is 1.25 bits per heavy atom. The Hall–Kier alpha value is -8.14. The molecule has 298 valence electrons. The molecule has 0 atom stereocenters. The average molecular weight is 814 g/mol. The highest BCUT2D eigenvalue weighted by molar-refractivity contribution is 6.28. The van der Waals surface area contributed by atoms with Crippen LogP contribution in [0, 0.1) is 0 Å². The van der Waals surface area contributed by atoms with Crippen molar-refractivity contribution in [2.75, 3.05) is 0 Å². The topological polar surface area (TPSA) is 30.7 Å². The molecular weight excluding hydrogens is 775 g/mol. The largest absolute Gasteiger partial charge is 0.294 e. The second-order valence-corrected chi connectivity index (χ2v) is 18.1. The number of para-hydroxylation sites is 2. The molecule has 0 spiro atoms. The first-order valence-corrected chi connectivity index (χ1v) is 22.2. The van der Waals surface area contributed by atoms with Crippen LogP contribution in [0.2, 0.25) is 0 Å². The van der Waals surface area contributed by atoms with Gasteiger partial charge in [0, 0.05) is 33.4 Å². The molecular formula is C61H39N3. The van der Waals surface area contributed by atoms with Gasteiger partial charge in [0.05, 0.1) is 16.7 Å². The molecule has 0 saturated carbocycles. The fraction of sp³-hybridized carbons (Fsp3) is 0.0492. The number of hydrogen-bond donors (Lipinski definition) is 0. The van der Waals surface area contributed by atoms with Crippen LogP contribution in [0.5, 0.6) is 0 Å². The Morgan fingerprint density at radius 1 is 0.328 bits per heavy atom. The second-order valence-electron chi connectivity index (χ2n) is 18.1. The third-order valence-electron chi connectivity index (χ3n) is 14.3. The highest BCUT2D eigenvalue weighted by Gasteiger charge is 2.37. The number of fused-ring (bicyclic) bond motifs is 18. The molecule has 64 heavy (non-hydrogen) atoms. The van der Waals surface area contributed by atoms with Gasteiger partial charge in [0.15, 0.2) is 5.82 Å². The van der Waals surface area contributed by atoms with Gasteiger partial charge in [-0.2, -0.15) is 0 Å². The summed E-state index contributed by atoms with van der Waals surface area (Å²) in [5.41, 5.74) is 10.4. The molecule has 1 aliphatic rings. The van der Waals surface area contributed by atoms with Crippen LogP contribution in [0.25, 0.3) is 126 Å². The van der Waals surface area contributed by atoms with Crippen LogP contribution in [-0.2, 0) is 5.41 Å². The summed E-state index contributed by atoms with van der Waals surface area (Å²) >= 11 is 0. The number of rotatable bonds is 3. The van der Waals surface area contributed by atoms with E-state index in [1.807, 2.05) is 0 Å². The van der Waals surface area contributed by atoms with Crippen LogP contribution < -0.4 is 0 Å². The molecule has 0 radical (unpaired) electrons. The molecule has 3 nitrogen and oxygen atoms in total. The second kappa shape index (κ2) is 12.9. The van der Waals surface area contributed by atoms with Gasteiger partial charge < -0.3 is 0 Å². The number of hydrogen-bond acceptors (Lipinski definition) is 2. The van der Waals surface area contributed by atoms with Gasteiger partial charge in [-0.3, -0.25) is 4.57 Å². The predicted molar refractivity (Wildman–Crippen MR) is 270 cm³/mol. The van der Waals surface area contributed by atoms with E-state index in [0.717, 1.165) is 33.7 Å². The van der Waals surface area contributed by atoms with E-state index in [1.165, 1.54) is 97.7 Å². The average Bonchev–Trinajstić information content (AvgIpc) is 3.80. The van der Waals surface area contributed by atoms with Crippen LogP contribution in [0.3, 0.4) is 0 Å². The Bertz CT molecular complexity index is 4100. The standard InChI is InChI=1S/C61H39N3/c1-61(2)54-33-50-41-21-9-7-19-39(41)38-18-6-8-20-40(38)48(50)31-52(54)53-32-49-43-23-11-10-22-42(43)47-30-37(28-29-44(47)51(49)34-55(53)61)60-62-56(36-16-4-3-5-17-36)35-59(63-60)64-57-26-14-12-24-45(57)46-25-13-15-27-58(46)64/h3-35H,1-2H3. The van der Waals surface area contributed by atoms with Gasteiger partial charge in [-0.1, -0.05) is 166 Å². The first-order chi connectivity index (χ1) is 31.5. The fourth-order valence-electron chi connectivity index (χ4n) is 11.3. The molecule has 1 aliphatic carbocycles. The molecule has 0 amide bonds. The summed E-state index contributed by atoms with van der Waals surface area (Å²) in [6.45, 7) is 4.82. The highest BCUT2D eigenvalue weighted by Crippen LogP contribution is 2.54. The molecule has 11 aromatic carbocycles. The summed E-state index contributed by atoms with van der Waals surface area (Å²) in [5, 5.41) is 17.7. The number of aromatic nitrogens is 3. The maximum atomic E-state index is 5.42. The molecule has 0 unspecified atom stereocenters. The van der Waals surface area contributed by atoms with E-state index in [2.05, 4.69) is 219 Å². The lowest BCUT2D eigenvalue weighted by Crippen LogP contribution is -2.15. The smallest absolute Gasteiger partial charge is 0.162 e. The van der Waals surface area contributed by atoms with E-state index in [1.54, 1.807) is 0 Å². The summed E-state index contributed by atoms with van der Waals surface area (Å²) < 4.78 is 2.29. The Balaban J connectivity index is 1.00. The Kier molecular flexibility index (Phi) is 7.17. The lowest BCUT2D eigenvalue weighted by Gasteiger charge is -2.23. The lowest BCUT2D eigenvalue weighted by atomic mass is 9.80. The Labute approximate surface area is 369 Å². The van der Waals surface area contributed by atoms with Crippen LogP contribution in [0.15, 0.2) is 200 Å². The van der Waals surface area contributed by atoms with Crippen molar-refractivity contribution in [1.29, 1.82) is 0 Å². The first kappa shape index (κ1) is 35.5. The molecule has 2 heterocycles. The van der Waals surface area contributed by atoms with E-state index < -0.39 is 0 Å². The number of nitrogens with zero attached hydrogens (tertiary/aromatic N) is 3. The van der Waals surface area contributed by atoms with Crippen LogP contribution >= 0.6 is 0 Å². The minimum Gasteiger partial charge on any atom is -0.294 e. The van der Waals surface area contributed by atoms with Gasteiger partial charge in [-0.15, -0.1) is 0 Å². The molecule has 0 N–H and O–H groups in total. The zero-order valence-corrected chi connectivity index (χ0v) is 35.4. The van der Waals surface area contributed by atoms with E-state index >= 15 is 0 Å². The molecule has 3 heteroatoms. The van der Waals surface area contributed by atoms with Gasteiger partial charge in [0.25, 0.3) is 0 Å². The van der Waals surface area contributed by atoms with Crippen molar-refractivity contribution >= 4 is 86.4 Å². The van der Waals surface area contributed by atoms with Crippen molar-refractivity contribution in [1.82, 2.24) is 14.5 Å². The van der Waals surface area contributed by atoms with Gasteiger partial charge in [0.2, 0.25) is 0 Å². The molecule has 13 aromatic rings. The molecule has 0 bridgehead atoms. The van der Waals surface area contributed by atoms with Crippen molar-refractivity contribution < 1.29 is 0 Å². The number of benzene rings is 11. The zero-order valence-electron chi connectivity index (χ0n) is 35.4. The van der Waals surface area contributed by atoms with Crippen LogP contribution in [0.1, 0.15) is 25.0 Å². The van der Waals surface area contributed by atoms with Crippen molar-refractivity contribution in [3.63, 3.8) is 0 Å². The molecule has 0 saturated heterocycles. The van der Waals surface area contributed by atoms with Gasteiger partial charge >= 0.3 is 0 Å². The zero-order chi connectivity index (χ0) is 42.3. The first-order valence-electron chi connectivity index (χ1n) is 22.2. The van der Waals surface area contributed by atoms with E-state index in [-0.39, 0.29) is 5.41 Å². The molecule has 14 rings (SSSR count). The third kappa shape index (κ3) is 4.87. The van der Waals surface area contributed by atoms with Gasteiger partial charge in [0.1, 0.15) is 5.82 Å². The fourth-order valence-corrected chi connectivity index (χ4v) is 11.3. The molecule has 2 aromatic heterocycles. The molecule has 0 fully saturated rings. The van der Waals surface area contributed by atoms with E-state index in [0.29, 0.717) is 5.82 Å². The van der Waals surface area contributed by atoms with Crippen molar-refractivity contribution in [3.8, 4) is 39.6 Å². The van der Waals surface area contributed by atoms with Gasteiger partial charge in [-0.25, -0.2) is 9.97 Å². The monoisotopic (exact) mass is 813 g/mol. The van der Waals surface area contributed by atoms with Crippen LogP contribution in [-0.4, -0.2) is 14.5 Å². The highest BCUT2D eigenvalue weighted by atomic mass is 15.1. The van der Waals surface area contributed by atoms with Gasteiger partial charge in [-0.05, 0) is 129 Å². The van der Waals surface area contributed by atoms with E-state index in [9.17, 15) is 0 Å². The molecule has 0 aliphatic heterocycles. The summed E-state index contributed by atoms with van der Waals surface area (Å²) in [7, 11) is 0. The maximum absolute atomic E-state index is 5.42. The quantitative estimate of drug-likeness (QED) is 0.166. The van der Waals surface area contributed by atoms with Crippen molar-refractivity contribution in [2.45, 2.75) is 19.3 Å². The SMILES string of the molecule is CC1(C)c2cc3c4ccccc4c4ccccc4c3cc2-c2cc3c4ccccc4c4cc(-c5nc(-c6ccccc6)cc(-n6c7ccccc7c7ccccc76)n5)ccc4c3cc21. The van der Waals surface area contributed by atoms with Crippen LogP contribution in [0.4, 0.5) is 0 Å². The summed E-state index contributed by atoms with van der Waals surface area (Å²) in [5.74, 6) is 1.54. The Morgan fingerprint density at radius 2 is 0.734 bits per heavy atom. The summed E-state index contributed by atoms with van der Waals surface area (Å²) in [4.78, 5) is 10.7. The van der Waals surface area contributed by atoms with Crippen molar-refractivity contribution in [3.05, 3.63) is 211 Å². The lowest BCUT2D eigenvalue weighted by molar-refractivity contribution is 0.662. The predicted octanol–water partition coefficient (Wildman–Crippen LogP) is 16.1. The normalized spacial score (nSPS) is 13.3.